The Labute approximate surface area is 60.0 Å². The summed E-state index contributed by atoms with van der Waals surface area (Å²) in [6.07, 6.45) is 6.01. The van der Waals surface area contributed by atoms with Crippen LogP contribution in [0.4, 0.5) is 0 Å². The fourth-order valence-corrected chi connectivity index (χ4v) is 0.867. The molecule has 1 N–H and O–H groups in total. The molecule has 0 amide bonds. The minimum absolute atomic E-state index is 0.196. The second-order valence-electron chi connectivity index (χ2n) is 2.05. The van der Waals surface area contributed by atoms with Crippen LogP contribution in [0.3, 0.4) is 0 Å². The third-order valence-electron chi connectivity index (χ3n) is 1.36. The molecule has 10 heavy (non-hydrogen) atoms. The van der Waals surface area contributed by atoms with Gasteiger partial charge in [-0.15, -0.1) is 6.58 Å². The Morgan fingerprint density at radius 1 is 1.80 bits per heavy atom. The highest BCUT2D eigenvalue weighted by atomic mass is 16.1. The lowest BCUT2D eigenvalue weighted by atomic mass is 10.4. The summed E-state index contributed by atoms with van der Waals surface area (Å²) < 4.78 is 0. The Hall–Kier alpha value is -1.25. The molecule has 0 bridgehead atoms. The van der Waals surface area contributed by atoms with Crippen molar-refractivity contribution < 1.29 is 4.79 Å². The lowest BCUT2D eigenvalue weighted by Gasteiger charge is -2.18. The van der Waals surface area contributed by atoms with Gasteiger partial charge in [-0.1, -0.05) is 6.08 Å². The molecule has 0 fully saturated rings. The Morgan fingerprint density at radius 3 is 3.20 bits per heavy atom. The monoisotopic (exact) mass is 138 g/mol. The van der Waals surface area contributed by atoms with Crippen molar-refractivity contribution in [3.63, 3.8) is 0 Å². The number of aldehydes is 1. The van der Waals surface area contributed by atoms with E-state index < -0.39 is 0 Å². The van der Waals surface area contributed by atoms with Crippen LogP contribution in [0.5, 0.6) is 0 Å². The van der Waals surface area contributed by atoms with E-state index in [-0.39, 0.29) is 6.17 Å². The van der Waals surface area contributed by atoms with E-state index in [1.807, 2.05) is 11.1 Å². The molecular weight excluding hydrogens is 128 g/mol. The van der Waals surface area contributed by atoms with Gasteiger partial charge in [0.2, 0.25) is 0 Å². The minimum Gasteiger partial charge on any atom is -0.364 e. The van der Waals surface area contributed by atoms with Gasteiger partial charge >= 0.3 is 0 Å². The van der Waals surface area contributed by atoms with Gasteiger partial charge in [-0.2, -0.15) is 0 Å². The predicted octanol–water partition coefficient (Wildman–Crippen LogP) is 0.0738. The van der Waals surface area contributed by atoms with Crippen molar-refractivity contribution in [1.82, 2.24) is 10.2 Å². The molecule has 54 valence electrons. The zero-order valence-electron chi connectivity index (χ0n) is 5.66. The molecule has 0 aliphatic carbocycles. The van der Waals surface area contributed by atoms with Gasteiger partial charge in [-0.3, -0.25) is 4.79 Å². The first-order valence-corrected chi connectivity index (χ1v) is 3.13. The lowest BCUT2D eigenvalue weighted by Crippen LogP contribution is -2.36. The zero-order valence-corrected chi connectivity index (χ0v) is 5.66. The molecule has 1 aliphatic rings. The van der Waals surface area contributed by atoms with Gasteiger partial charge in [0.15, 0.2) is 12.5 Å². The van der Waals surface area contributed by atoms with E-state index in [1.165, 1.54) is 0 Å². The highest BCUT2D eigenvalue weighted by molar-refractivity contribution is 5.58. The first kappa shape index (κ1) is 6.86. The van der Waals surface area contributed by atoms with E-state index in [4.69, 9.17) is 0 Å². The molecule has 0 saturated carbocycles. The summed E-state index contributed by atoms with van der Waals surface area (Å²) in [5.41, 5.74) is 0. The number of carbonyl (C=O) groups is 1. The van der Waals surface area contributed by atoms with Crippen LogP contribution in [0, 0.1) is 0 Å². The maximum atomic E-state index is 10.3. The molecule has 3 nitrogen and oxygen atoms in total. The average Bonchev–Trinajstić information content (AvgIpc) is 2.36. The van der Waals surface area contributed by atoms with E-state index in [0.29, 0.717) is 6.54 Å². The van der Waals surface area contributed by atoms with E-state index in [9.17, 15) is 4.79 Å². The van der Waals surface area contributed by atoms with Crippen LogP contribution in [0.1, 0.15) is 0 Å². The number of carbonyl (C=O) groups excluding carboxylic acids is 1. The smallest absolute Gasteiger partial charge is 0.162 e. The summed E-state index contributed by atoms with van der Waals surface area (Å²) in [5.74, 6) is 0. The molecule has 0 radical (unpaired) electrons. The van der Waals surface area contributed by atoms with Crippen molar-refractivity contribution in [3.8, 4) is 0 Å². The third-order valence-corrected chi connectivity index (χ3v) is 1.36. The van der Waals surface area contributed by atoms with Crippen molar-refractivity contribution in [2.45, 2.75) is 6.17 Å². The molecule has 3 heteroatoms. The normalized spacial score (nSPS) is 22.4. The van der Waals surface area contributed by atoms with Crippen LogP contribution in [0.2, 0.25) is 0 Å². The summed E-state index contributed by atoms with van der Waals surface area (Å²) in [7, 11) is 0. The second kappa shape index (κ2) is 3.06. The molecule has 1 aliphatic heterocycles. The highest BCUT2D eigenvalue weighted by Gasteiger charge is 2.14. The molecule has 1 heterocycles. The van der Waals surface area contributed by atoms with E-state index in [2.05, 4.69) is 11.9 Å². The standard InChI is InChI=1S/C7H10N2O/c1-2-4-9-5-3-8-7(9)6-10/h2-3,5-8H,1,4H2. The van der Waals surface area contributed by atoms with Gasteiger partial charge in [0, 0.05) is 18.9 Å². The molecule has 0 aromatic heterocycles. The predicted molar refractivity (Wildman–Crippen MR) is 39.0 cm³/mol. The molecule has 0 aromatic carbocycles. The molecule has 1 rings (SSSR count). The van der Waals surface area contributed by atoms with Crippen LogP contribution in [-0.4, -0.2) is 23.9 Å². The number of rotatable bonds is 3. The van der Waals surface area contributed by atoms with Crippen molar-refractivity contribution in [3.05, 3.63) is 25.1 Å². The number of hydrogen-bond donors (Lipinski definition) is 1. The van der Waals surface area contributed by atoms with Crippen molar-refractivity contribution in [2.75, 3.05) is 6.54 Å². The van der Waals surface area contributed by atoms with Crippen LogP contribution in [-0.2, 0) is 4.79 Å². The molecule has 0 aromatic rings. The highest BCUT2D eigenvalue weighted by Crippen LogP contribution is 2.00. The molecule has 0 saturated heterocycles. The summed E-state index contributed by atoms with van der Waals surface area (Å²) in [5, 5.41) is 2.87. The summed E-state index contributed by atoms with van der Waals surface area (Å²) >= 11 is 0. The summed E-state index contributed by atoms with van der Waals surface area (Å²) in [4.78, 5) is 12.2. The third kappa shape index (κ3) is 1.18. The number of nitrogens with one attached hydrogen (secondary N) is 1. The fraction of sp³-hybridized carbons (Fsp3) is 0.286. The van der Waals surface area contributed by atoms with Gasteiger partial charge in [-0.25, -0.2) is 0 Å². The maximum absolute atomic E-state index is 10.3. The number of hydrogen-bond acceptors (Lipinski definition) is 3. The van der Waals surface area contributed by atoms with Crippen molar-refractivity contribution in [2.24, 2.45) is 0 Å². The summed E-state index contributed by atoms with van der Waals surface area (Å²) in [6.45, 7) is 4.27. The van der Waals surface area contributed by atoms with Crippen LogP contribution < -0.4 is 5.32 Å². The molecule has 0 spiro atoms. The van der Waals surface area contributed by atoms with Crippen LogP contribution in [0.15, 0.2) is 25.1 Å². The first-order valence-electron chi connectivity index (χ1n) is 3.13. The van der Waals surface area contributed by atoms with Gasteiger partial charge in [0.1, 0.15) is 0 Å². The summed E-state index contributed by atoms with van der Waals surface area (Å²) in [6, 6.07) is 0. The van der Waals surface area contributed by atoms with Crippen molar-refractivity contribution >= 4 is 6.29 Å². The topological polar surface area (TPSA) is 32.3 Å². The number of nitrogens with zero attached hydrogens (tertiary/aromatic N) is 1. The first-order chi connectivity index (χ1) is 4.88. The van der Waals surface area contributed by atoms with E-state index in [0.717, 1.165) is 6.29 Å². The van der Waals surface area contributed by atoms with Gasteiger partial charge in [-0.05, 0) is 0 Å². The molecular formula is C7H10N2O. The lowest BCUT2D eigenvalue weighted by molar-refractivity contribution is -0.111. The Kier molecular flexibility index (Phi) is 2.10. The molecule has 1 atom stereocenters. The average molecular weight is 138 g/mol. The Balaban J connectivity index is 2.47. The minimum atomic E-state index is -0.196. The van der Waals surface area contributed by atoms with E-state index >= 15 is 0 Å². The van der Waals surface area contributed by atoms with E-state index in [1.54, 1.807) is 12.3 Å². The maximum Gasteiger partial charge on any atom is 0.162 e. The van der Waals surface area contributed by atoms with Gasteiger partial charge in [0.05, 0.1) is 0 Å². The van der Waals surface area contributed by atoms with Crippen LogP contribution in [0.25, 0.3) is 0 Å². The zero-order chi connectivity index (χ0) is 7.40. The van der Waals surface area contributed by atoms with Crippen molar-refractivity contribution in [1.29, 1.82) is 0 Å². The second-order valence-corrected chi connectivity index (χ2v) is 2.05. The quantitative estimate of drug-likeness (QED) is 0.442. The molecule has 1 unspecified atom stereocenters. The SMILES string of the molecule is C=CCN1C=CNC1C=O. The largest absolute Gasteiger partial charge is 0.364 e. The Morgan fingerprint density at radius 2 is 2.60 bits per heavy atom. The fourth-order valence-electron chi connectivity index (χ4n) is 0.867. The van der Waals surface area contributed by atoms with Gasteiger partial charge < -0.3 is 10.2 Å². The Bertz CT molecular complexity index is 165. The van der Waals surface area contributed by atoms with Gasteiger partial charge in [0.25, 0.3) is 0 Å². The van der Waals surface area contributed by atoms with Crippen LogP contribution >= 0.6 is 0 Å².